The van der Waals surface area contributed by atoms with Gasteiger partial charge in [-0.3, -0.25) is 14.6 Å². The Kier molecular flexibility index (Phi) is 5.43. The molecule has 0 aromatic carbocycles. The van der Waals surface area contributed by atoms with Gasteiger partial charge in [-0.2, -0.15) is 5.10 Å². The molecule has 1 saturated heterocycles. The smallest absolute Gasteiger partial charge is 0.269 e. The zero-order chi connectivity index (χ0) is 19.3. The number of piperidine rings is 1. The van der Waals surface area contributed by atoms with Crippen molar-refractivity contribution in [1.29, 1.82) is 0 Å². The average Bonchev–Trinajstić information content (AvgIpc) is 3.25. The van der Waals surface area contributed by atoms with Gasteiger partial charge < -0.3 is 9.47 Å². The van der Waals surface area contributed by atoms with E-state index in [1.165, 1.54) is 6.20 Å². The average molecular weight is 381 g/mol. The van der Waals surface area contributed by atoms with Gasteiger partial charge in [-0.1, -0.05) is 0 Å². The van der Waals surface area contributed by atoms with E-state index in [1.54, 1.807) is 44.7 Å². The number of hydrogen-bond acceptors (Lipinski definition) is 6. The van der Waals surface area contributed by atoms with Gasteiger partial charge in [-0.15, -0.1) is 5.10 Å². The van der Waals surface area contributed by atoms with Crippen LogP contribution in [0.25, 0.3) is 5.82 Å². The first-order valence-corrected chi connectivity index (χ1v) is 9.50. The third kappa shape index (κ3) is 4.25. The lowest BCUT2D eigenvalue weighted by Crippen LogP contribution is -2.39. The lowest BCUT2D eigenvalue weighted by Gasteiger charge is -2.32. The van der Waals surface area contributed by atoms with E-state index in [-0.39, 0.29) is 11.1 Å². The lowest BCUT2D eigenvalue weighted by atomic mass is 9.97. The van der Waals surface area contributed by atoms with Crippen molar-refractivity contribution in [1.82, 2.24) is 34.0 Å². The molecule has 0 radical (unpaired) electrons. The second-order valence-corrected chi connectivity index (χ2v) is 7.06. The summed E-state index contributed by atoms with van der Waals surface area (Å²) in [5.41, 5.74) is -0.157. The van der Waals surface area contributed by atoms with Gasteiger partial charge in [-0.05, 0) is 44.0 Å². The van der Waals surface area contributed by atoms with Gasteiger partial charge in [0.1, 0.15) is 0 Å². The largest absolute Gasteiger partial charge is 0.311 e. The Morgan fingerprint density at radius 3 is 2.61 bits per heavy atom. The predicted molar refractivity (Wildman–Crippen MR) is 103 cm³/mol. The molecule has 3 aromatic heterocycles. The molecule has 0 spiro atoms. The predicted octanol–water partition coefficient (Wildman–Crippen LogP) is 0.398. The van der Waals surface area contributed by atoms with Crippen molar-refractivity contribution in [2.75, 3.05) is 19.6 Å². The Hall–Kier alpha value is -3.07. The fourth-order valence-electron chi connectivity index (χ4n) is 3.54. The number of nitrogens with zero attached hydrogens (tertiary/aromatic N) is 7. The van der Waals surface area contributed by atoms with E-state index in [4.69, 9.17) is 0 Å². The molecule has 4 rings (SSSR count). The monoisotopic (exact) mass is 381 g/mol. The molecule has 1 aliphatic rings. The molecular weight excluding hydrogens is 358 g/mol. The third-order valence-corrected chi connectivity index (χ3v) is 5.19. The van der Waals surface area contributed by atoms with Gasteiger partial charge in [-0.25, -0.2) is 9.36 Å². The standard InChI is InChI=1S/C19H23N7O2/c27-18-3-2-17(25-8-1-6-21-25)22-26(18)15-16-4-9-23(10-5-16)12-13-24-11-7-20-14-19(24)28/h1-3,6-8,11,14,16H,4-5,9-10,12-13,15H2. The Labute approximate surface area is 161 Å². The highest BCUT2D eigenvalue weighted by Gasteiger charge is 2.20. The van der Waals surface area contributed by atoms with Gasteiger partial charge in [0.15, 0.2) is 5.82 Å². The van der Waals surface area contributed by atoms with Crippen LogP contribution in [0.15, 0.2) is 58.8 Å². The van der Waals surface area contributed by atoms with E-state index in [2.05, 4.69) is 20.1 Å². The van der Waals surface area contributed by atoms with Crippen LogP contribution in [0.5, 0.6) is 0 Å². The summed E-state index contributed by atoms with van der Waals surface area (Å²) >= 11 is 0. The molecule has 1 aliphatic heterocycles. The Morgan fingerprint density at radius 1 is 1.00 bits per heavy atom. The molecule has 0 N–H and O–H groups in total. The second-order valence-electron chi connectivity index (χ2n) is 7.06. The van der Waals surface area contributed by atoms with Gasteiger partial charge in [0.25, 0.3) is 11.1 Å². The molecule has 0 atom stereocenters. The van der Waals surface area contributed by atoms with Crippen LogP contribution < -0.4 is 11.1 Å². The molecule has 28 heavy (non-hydrogen) atoms. The Morgan fingerprint density at radius 2 is 1.86 bits per heavy atom. The molecule has 9 nitrogen and oxygen atoms in total. The number of aromatic nitrogens is 6. The highest BCUT2D eigenvalue weighted by molar-refractivity contribution is 5.17. The summed E-state index contributed by atoms with van der Waals surface area (Å²) < 4.78 is 4.89. The minimum atomic E-state index is -0.0876. The molecule has 4 heterocycles. The third-order valence-electron chi connectivity index (χ3n) is 5.19. The number of hydrogen-bond donors (Lipinski definition) is 0. The minimum Gasteiger partial charge on any atom is -0.311 e. The van der Waals surface area contributed by atoms with Crippen LogP contribution in [-0.4, -0.2) is 53.6 Å². The summed E-state index contributed by atoms with van der Waals surface area (Å²) in [6.07, 6.45) is 10.2. The fourth-order valence-corrected chi connectivity index (χ4v) is 3.54. The van der Waals surface area contributed by atoms with Crippen LogP contribution in [0.1, 0.15) is 12.8 Å². The normalized spacial score (nSPS) is 15.7. The molecule has 0 unspecified atom stereocenters. The summed E-state index contributed by atoms with van der Waals surface area (Å²) in [5, 5.41) is 8.63. The van der Waals surface area contributed by atoms with Gasteiger partial charge >= 0.3 is 0 Å². The first kappa shape index (κ1) is 18.3. The van der Waals surface area contributed by atoms with Crippen molar-refractivity contribution < 1.29 is 0 Å². The first-order chi connectivity index (χ1) is 13.7. The topological polar surface area (TPSA) is 90.8 Å². The molecule has 0 saturated carbocycles. The van der Waals surface area contributed by atoms with Crippen molar-refractivity contribution in [3.05, 3.63) is 69.9 Å². The maximum absolute atomic E-state index is 12.2. The van der Waals surface area contributed by atoms with Gasteiger partial charge in [0.05, 0.1) is 6.20 Å². The summed E-state index contributed by atoms with van der Waals surface area (Å²) in [4.78, 5) is 30.1. The highest BCUT2D eigenvalue weighted by Crippen LogP contribution is 2.18. The van der Waals surface area contributed by atoms with Crippen LogP contribution in [-0.2, 0) is 13.1 Å². The van der Waals surface area contributed by atoms with Crippen LogP contribution in [0.4, 0.5) is 0 Å². The van der Waals surface area contributed by atoms with Crippen LogP contribution in [0.3, 0.4) is 0 Å². The van der Waals surface area contributed by atoms with Crippen molar-refractivity contribution >= 4 is 0 Å². The van der Waals surface area contributed by atoms with Crippen LogP contribution in [0.2, 0.25) is 0 Å². The second kappa shape index (κ2) is 8.30. The molecule has 0 amide bonds. The van der Waals surface area contributed by atoms with Crippen molar-refractivity contribution in [3.8, 4) is 5.82 Å². The fraction of sp³-hybridized carbons (Fsp3) is 0.421. The molecule has 1 fully saturated rings. The summed E-state index contributed by atoms with van der Waals surface area (Å²) in [7, 11) is 0. The van der Waals surface area contributed by atoms with Crippen LogP contribution >= 0.6 is 0 Å². The van der Waals surface area contributed by atoms with Crippen LogP contribution in [0, 0.1) is 5.92 Å². The molecule has 9 heteroatoms. The first-order valence-electron chi connectivity index (χ1n) is 9.50. The highest BCUT2D eigenvalue weighted by atomic mass is 16.1. The molecular formula is C19H23N7O2. The quantitative estimate of drug-likeness (QED) is 0.614. The Balaban J connectivity index is 1.32. The summed E-state index contributed by atoms with van der Waals surface area (Å²) in [5.74, 6) is 1.06. The maximum Gasteiger partial charge on any atom is 0.269 e. The van der Waals surface area contributed by atoms with Crippen molar-refractivity contribution in [3.63, 3.8) is 0 Å². The number of rotatable bonds is 6. The molecule has 0 aliphatic carbocycles. The molecule has 146 valence electrons. The minimum absolute atomic E-state index is 0.0695. The van der Waals surface area contributed by atoms with E-state index in [0.717, 1.165) is 32.5 Å². The zero-order valence-corrected chi connectivity index (χ0v) is 15.6. The van der Waals surface area contributed by atoms with E-state index < -0.39 is 0 Å². The van der Waals surface area contributed by atoms with E-state index in [0.29, 0.717) is 24.8 Å². The molecule has 3 aromatic rings. The van der Waals surface area contributed by atoms with Gasteiger partial charge in [0, 0.05) is 50.5 Å². The zero-order valence-electron chi connectivity index (χ0n) is 15.6. The maximum atomic E-state index is 12.2. The van der Waals surface area contributed by atoms with Gasteiger partial charge in [0.2, 0.25) is 0 Å². The van der Waals surface area contributed by atoms with E-state index in [9.17, 15) is 9.59 Å². The van der Waals surface area contributed by atoms with Crippen molar-refractivity contribution in [2.24, 2.45) is 5.92 Å². The molecule has 0 bridgehead atoms. The SMILES string of the molecule is O=c1cnccn1CCN1CCC(Cn2nc(-n3cccn3)ccc2=O)CC1. The van der Waals surface area contributed by atoms with Crippen molar-refractivity contribution in [2.45, 2.75) is 25.9 Å². The lowest BCUT2D eigenvalue weighted by molar-refractivity contribution is 0.164. The van der Waals surface area contributed by atoms with E-state index in [1.807, 2.05) is 12.3 Å². The summed E-state index contributed by atoms with van der Waals surface area (Å²) in [6, 6.07) is 5.06. The Bertz CT molecular complexity index is 1020. The number of likely N-dealkylation sites (tertiary alicyclic amines) is 1. The summed E-state index contributed by atoms with van der Waals surface area (Å²) in [6.45, 7) is 4.03. The van der Waals surface area contributed by atoms with E-state index >= 15 is 0 Å².